The van der Waals surface area contributed by atoms with Crippen molar-refractivity contribution in [2.24, 2.45) is 5.73 Å². The van der Waals surface area contributed by atoms with Crippen molar-refractivity contribution >= 4 is 17.9 Å². The lowest BCUT2D eigenvalue weighted by atomic mass is 10.1. The average Bonchev–Trinajstić information content (AvgIpc) is 2.44. The van der Waals surface area contributed by atoms with Gasteiger partial charge in [0, 0.05) is 13.0 Å². The number of carboxylic acid groups (broad SMARTS) is 1. The highest BCUT2D eigenvalue weighted by atomic mass is 16.4. The molecule has 1 aromatic carbocycles. The minimum atomic E-state index is -1.11. The van der Waals surface area contributed by atoms with E-state index in [9.17, 15) is 19.5 Å². The van der Waals surface area contributed by atoms with E-state index >= 15 is 0 Å². The van der Waals surface area contributed by atoms with Gasteiger partial charge in [0.15, 0.2) is 6.04 Å². The van der Waals surface area contributed by atoms with Gasteiger partial charge in [-0.15, -0.1) is 0 Å². The molecule has 0 aliphatic heterocycles. The molecule has 5 N–H and O–H groups in total. The molecule has 1 aromatic rings. The van der Waals surface area contributed by atoms with Crippen molar-refractivity contribution in [2.45, 2.75) is 25.3 Å². The van der Waals surface area contributed by atoms with Crippen LogP contribution in [0.2, 0.25) is 0 Å². The first kappa shape index (κ1) is 16.5. The molecular weight excluding hydrogens is 274 g/mol. The molecule has 0 saturated carbocycles. The van der Waals surface area contributed by atoms with E-state index in [0.29, 0.717) is 24.9 Å². The van der Waals surface area contributed by atoms with E-state index < -0.39 is 18.0 Å². The van der Waals surface area contributed by atoms with Crippen molar-refractivity contribution in [1.29, 1.82) is 0 Å². The molecule has 1 atom stereocenters. The van der Waals surface area contributed by atoms with Gasteiger partial charge in [-0.2, -0.15) is 0 Å². The lowest BCUT2D eigenvalue weighted by molar-refractivity contribution is -0.142. The van der Waals surface area contributed by atoms with E-state index in [4.69, 9.17) is 5.73 Å². The molecule has 0 heterocycles. The molecule has 0 aliphatic carbocycles. The fourth-order valence-electron chi connectivity index (χ4n) is 1.79. The Hall–Kier alpha value is -2.57. The van der Waals surface area contributed by atoms with Gasteiger partial charge in [0.1, 0.15) is 0 Å². The number of nitrogens with one attached hydrogen (secondary N) is 2. The molecule has 0 fully saturated rings. The van der Waals surface area contributed by atoms with Gasteiger partial charge in [-0.25, -0.2) is 9.59 Å². The highest BCUT2D eigenvalue weighted by Gasteiger charge is 2.21. The van der Waals surface area contributed by atoms with E-state index in [0.717, 1.165) is 0 Å². The van der Waals surface area contributed by atoms with Crippen LogP contribution in [0.5, 0.6) is 0 Å². The number of benzene rings is 1. The highest BCUT2D eigenvalue weighted by Crippen LogP contribution is 2.13. The Labute approximate surface area is 122 Å². The summed E-state index contributed by atoms with van der Waals surface area (Å²) in [5, 5.41) is 14.1. The summed E-state index contributed by atoms with van der Waals surface area (Å²) >= 11 is 0. The van der Waals surface area contributed by atoms with Crippen LogP contribution in [-0.4, -0.2) is 29.6 Å². The third-order valence-corrected chi connectivity index (χ3v) is 2.82. The van der Waals surface area contributed by atoms with Gasteiger partial charge >= 0.3 is 12.0 Å². The van der Waals surface area contributed by atoms with E-state index in [1.54, 1.807) is 30.3 Å². The fourth-order valence-corrected chi connectivity index (χ4v) is 1.79. The Morgan fingerprint density at radius 1 is 1.14 bits per heavy atom. The van der Waals surface area contributed by atoms with Crippen LogP contribution >= 0.6 is 0 Å². The second-order valence-corrected chi connectivity index (χ2v) is 4.50. The first-order valence-electron chi connectivity index (χ1n) is 6.61. The van der Waals surface area contributed by atoms with Crippen molar-refractivity contribution in [3.63, 3.8) is 0 Å². The number of hydrogen-bond acceptors (Lipinski definition) is 3. The normalized spacial score (nSPS) is 11.4. The molecule has 0 spiro atoms. The minimum Gasteiger partial charge on any atom is -0.479 e. The van der Waals surface area contributed by atoms with E-state index in [2.05, 4.69) is 10.6 Å². The number of carboxylic acids is 1. The Bertz CT molecular complexity index is 490. The maximum absolute atomic E-state index is 11.7. The minimum absolute atomic E-state index is 0.192. The summed E-state index contributed by atoms with van der Waals surface area (Å²) in [7, 11) is 0. The predicted molar refractivity (Wildman–Crippen MR) is 76.4 cm³/mol. The molecule has 114 valence electrons. The molecule has 21 heavy (non-hydrogen) atoms. The Balaban J connectivity index is 2.40. The zero-order chi connectivity index (χ0) is 15.7. The maximum Gasteiger partial charge on any atom is 0.330 e. The van der Waals surface area contributed by atoms with Crippen LogP contribution in [0.4, 0.5) is 4.79 Å². The van der Waals surface area contributed by atoms with Crippen molar-refractivity contribution < 1.29 is 19.5 Å². The molecule has 0 saturated heterocycles. The molecule has 1 rings (SSSR count). The van der Waals surface area contributed by atoms with Crippen LogP contribution in [0.15, 0.2) is 30.3 Å². The van der Waals surface area contributed by atoms with Crippen molar-refractivity contribution in [1.82, 2.24) is 10.6 Å². The third-order valence-electron chi connectivity index (χ3n) is 2.82. The average molecular weight is 293 g/mol. The van der Waals surface area contributed by atoms with Crippen LogP contribution in [0, 0.1) is 0 Å². The quantitative estimate of drug-likeness (QED) is 0.529. The van der Waals surface area contributed by atoms with Gasteiger partial charge in [0.2, 0.25) is 5.91 Å². The van der Waals surface area contributed by atoms with Gasteiger partial charge < -0.3 is 21.5 Å². The van der Waals surface area contributed by atoms with Crippen LogP contribution < -0.4 is 16.4 Å². The van der Waals surface area contributed by atoms with E-state index in [1.165, 1.54) is 0 Å². The number of carbonyl (C=O) groups excluding carboxylic acids is 2. The van der Waals surface area contributed by atoms with Crippen LogP contribution in [0.3, 0.4) is 0 Å². The van der Waals surface area contributed by atoms with E-state index in [1.807, 2.05) is 0 Å². The molecule has 3 amide bonds. The third kappa shape index (κ3) is 6.42. The summed E-state index contributed by atoms with van der Waals surface area (Å²) in [6.45, 7) is 0.393. The van der Waals surface area contributed by atoms with Gasteiger partial charge in [0.05, 0.1) is 0 Å². The molecule has 0 bridgehead atoms. The maximum atomic E-state index is 11.7. The summed E-state index contributed by atoms with van der Waals surface area (Å²) in [6.07, 6.45) is 1.32. The zero-order valence-electron chi connectivity index (χ0n) is 11.5. The van der Waals surface area contributed by atoms with Gasteiger partial charge in [-0.1, -0.05) is 30.3 Å². The van der Waals surface area contributed by atoms with Crippen LogP contribution in [0.1, 0.15) is 30.9 Å². The number of nitrogens with two attached hydrogens (primary N) is 1. The molecule has 7 nitrogen and oxygen atoms in total. The van der Waals surface area contributed by atoms with Crippen LogP contribution in [0.25, 0.3) is 0 Å². The Morgan fingerprint density at radius 2 is 1.81 bits per heavy atom. The molecule has 7 heteroatoms. The summed E-state index contributed by atoms with van der Waals surface area (Å²) in [5.41, 5.74) is 5.43. The topological polar surface area (TPSA) is 122 Å². The van der Waals surface area contributed by atoms with Crippen molar-refractivity contribution in [3.8, 4) is 0 Å². The second-order valence-electron chi connectivity index (χ2n) is 4.50. The molecule has 0 aromatic heterocycles. The molecular formula is C14H19N3O4. The molecule has 0 radical (unpaired) electrons. The number of hydrogen-bond donors (Lipinski definition) is 4. The van der Waals surface area contributed by atoms with Gasteiger partial charge in [-0.3, -0.25) is 4.79 Å². The lowest BCUT2D eigenvalue weighted by Gasteiger charge is -2.14. The molecule has 0 aliphatic rings. The first-order valence-corrected chi connectivity index (χ1v) is 6.61. The lowest BCUT2D eigenvalue weighted by Crippen LogP contribution is -2.34. The molecule has 0 unspecified atom stereocenters. The number of aliphatic carboxylic acids is 1. The Kier molecular flexibility index (Phi) is 6.73. The summed E-state index contributed by atoms with van der Waals surface area (Å²) in [5.74, 6) is -1.45. The number of unbranched alkanes of at least 4 members (excludes halogenated alkanes) is 1. The SMILES string of the molecule is NC(=O)NCCCCC(=O)N[C@@H](C(=O)O)c1ccccc1. The number of primary amides is 1. The smallest absolute Gasteiger partial charge is 0.330 e. The number of rotatable bonds is 8. The van der Waals surface area contributed by atoms with Crippen LogP contribution in [-0.2, 0) is 9.59 Å². The Morgan fingerprint density at radius 3 is 2.38 bits per heavy atom. The highest BCUT2D eigenvalue weighted by molar-refractivity contribution is 5.84. The largest absolute Gasteiger partial charge is 0.479 e. The van der Waals surface area contributed by atoms with E-state index in [-0.39, 0.29) is 12.3 Å². The number of urea groups is 1. The second kappa shape index (κ2) is 8.57. The summed E-state index contributed by atoms with van der Waals surface area (Å²) < 4.78 is 0. The number of carbonyl (C=O) groups is 3. The van der Waals surface area contributed by atoms with Crippen molar-refractivity contribution in [3.05, 3.63) is 35.9 Å². The zero-order valence-corrected chi connectivity index (χ0v) is 11.5. The summed E-state index contributed by atoms with van der Waals surface area (Å²) in [6, 6.07) is 6.85. The van der Waals surface area contributed by atoms with Gasteiger partial charge in [-0.05, 0) is 18.4 Å². The fraction of sp³-hybridized carbons (Fsp3) is 0.357. The summed E-state index contributed by atoms with van der Waals surface area (Å²) in [4.78, 5) is 33.4. The standard InChI is InChI=1S/C14H19N3O4/c15-14(21)16-9-5-4-8-11(18)17-12(13(19)20)10-6-2-1-3-7-10/h1-3,6-7,12H,4-5,8-9H2,(H,17,18)(H,19,20)(H3,15,16,21)/t12-/m1/s1. The number of amides is 3. The predicted octanol–water partition coefficient (Wildman–Crippen LogP) is 0.767. The monoisotopic (exact) mass is 293 g/mol. The first-order chi connectivity index (χ1) is 10.0. The van der Waals surface area contributed by atoms with Gasteiger partial charge in [0.25, 0.3) is 0 Å². The van der Waals surface area contributed by atoms with Crippen molar-refractivity contribution in [2.75, 3.05) is 6.54 Å².